The maximum atomic E-state index is 6.17. The number of benzene rings is 1. The maximum Gasteiger partial charge on any atom is 0.0424 e. The van der Waals surface area contributed by atoms with Crippen molar-refractivity contribution < 1.29 is 0 Å². The molecule has 0 aromatic heterocycles. The van der Waals surface area contributed by atoms with Gasteiger partial charge >= 0.3 is 0 Å². The fourth-order valence-electron chi connectivity index (χ4n) is 1.89. The molecule has 0 heterocycles. The van der Waals surface area contributed by atoms with Gasteiger partial charge in [-0.1, -0.05) is 29.8 Å². The fraction of sp³-hybridized carbons (Fsp3) is 0.538. The maximum absolute atomic E-state index is 6.17. The van der Waals surface area contributed by atoms with Crippen LogP contribution in [0, 0.1) is 6.92 Å². The monoisotopic (exact) mass is 204 g/mol. The molecule has 1 fully saturated rings. The Balaban J connectivity index is 1.94. The van der Waals surface area contributed by atoms with E-state index in [0.717, 1.165) is 12.6 Å². The number of nitrogens with two attached hydrogens (primary N) is 1. The van der Waals surface area contributed by atoms with Gasteiger partial charge in [0.25, 0.3) is 0 Å². The van der Waals surface area contributed by atoms with Crippen molar-refractivity contribution in [1.29, 1.82) is 0 Å². The molecule has 0 bridgehead atoms. The van der Waals surface area contributed by atoms with Gasteiger partial charge in [0.2, 0.25) is 0 Å². The van der Waals surface area contributed by atoms with Crippen LogP contribution in [-0.2, 0) is 0 Å². The van der Waals surface area contributed by atoms with Crippen molar-refractivity contribution in [3.63, 3.8) is 0 Å². The van der Waals surface area contributed by atoms with Gasteiger partial charge in [-0.3, -0.25) is 0 Å². The molecule has 1 saturated carbocycles. The summed E-state index contributed by atoms with van der Waals surface area (Å²) in [6, 6.07) is 9.48. The molecule has 0 spiro atoms. The lowest BCUT2D eigenvalue weighted by molar-refractivity contribution is 0.303. The first-order valence-electron chi connectivity index (χ1n) is 5.69. The summed E-state index contributed by atoms with van der Waals surface area (Å²) in [5, 5.41) is 0. The molecule has 1 aromatic rings. The predicted octanol–water partition coefficient (Wildman–Crippen LogP) is 2.09. The summed E-state index contributed by atoms with van der Waals surface area (Å²) < 4.78 is 0. The molecule has 2 nitrogen and oxygen atoms in total. The van der Waals surface area contributed by atoms with E-state index >= 15 is 0 Å². The summed E-state index contributed by atoms with van der Waals surface area (Å²) >= 11 is 0. The summed E-state index contributed by atoms with van der Waals surface area (Å²) in [7, 11) is 2.17. The van der Waals surface area contributed by atoms with Crippen LogP contribution in [0.2, 0.25) is 0 Å². The van der Waals surface area contributed by atoms with Crippen molar-refractivity contribution in [2.24, 2.45) is 5.73 Å². The Morgan fingerprint density at radius 2 is 1.93 bits per heavy atom. The molecule has 2 rings (SSSR count). The van der Waals surface area contributed by atoms with Crippen molar-refractivity contribution in [3.8, 4) is 0 Å². The molecule has 0 saturated heterocycles. The van der Waals surface area contributed by atoms with E-state index in [1.54, 1.807) is 0 Å². The first-order valence-corrected chi connectivity index (χ1v) is 5.69. The largest absolute Gasteiger partial charge is 0.323 e. The Hall–Kier alpha value is -0.860. The smallest absolute Gasteiger partial charge is 0.0424 e. The third kappa shape index (κ3) is 2.80. The van der Waals surface area contributed by atoms with Crippen LogP contribution in [0.5, 0.6) is 0 Å². The molecule has 1 aliphatic rings. The second kappa shape index (κ2) is 4.33. The summed E-state index contributed by atoms with van der Waals surface area (Å²) in [4.78, 5) is 2.38. The van der Waals surface area contributed by atoms with Gasteiger partial charge in [-0.2, -0.15) is 0 Å². The number of hydrogen-bond donors (Lipinski definition) is 1. The predicted molar refractivity (Wildman–Crippen MR) is 63.8 cm³/mol. The lowest BCUT2D eigenvalue weighted by atomic mass is 10.1. The Bertz CT molecular complexity index is 314. The summed E-state index contributed by atoms with van der Waals surface area (Å²) in [5.74, 6) is 0. The summed E-state index contributed by atoms with van der Waals surface area (Å²) in [6.45, 7) is 3.07. The van der Waals surface area contributed by atoms with E-state index in [2.05, 4.69) is 43.1 Å². The van der Waals surface area contributed by atoms with Crippen molar-refractivity contribution >= 4 is 0 Å². The fourth-order valence-corrected chi connectivity index (χ4v) is 1.89. The molecule has 1 unspecified atom stereocenters. The Kier molecular flexibility index (Phi) is 3.08. The normalized spacial score (nSPS) is 18.1. The van der Waals surface area contributed by atoms with Gasteiger partial charge < -0.3 is 10.6 Å². The molecule has 0 amide bonds. The average molecular weight is 204 g/mol. The standard InChI is InChI=1S/C13H20N2/c1-10-3-5-11(6-4-10)13(14)9-15(2)12-7-8-12/h3-6,12-13H,7-9,14H2,1-2H3. The molecule has 1 aliphatic carbocycles. The highest BCUT2D eigenvalue weighted by Crippen LogP contribution is 2.26. The minimum atomic E-state index is 0.149. The van der Waals surface area contributed by atoms with Gasteiger partial charge in [-0.05, 0) is 32.4 Å². The Morgan fingerprint density at radius 3 is 2.47 bits per heavy atom. The van der Waals surface area contributed by atoms with Gasteiger partial charge in [-0.25, -0.2) is 0 Å². The van der Waals surface area contributed by atoms with Crippen LogP contribution in [0.1, 0.15) is 30.0 Å². The van der Waals surface area contributed by atoms with Crippen molar-refractivity contribution in [2.45, 2.75) is 31.8 Å². The number of nitrogens with zero attached hydrogens (tertiary/aromatic N) is 1. The van der Waals surface area contributed by atoms with E-state index in [0.29, 0.717) is 0 Å². The third-order valence-corrected chi connectivity index (χ3v) is 3.16. The molecular weight excluding hydrogens is 184 g/mol. The first kappa shape index (κ1) is 10.7. The zero-order valence-electron chi connectivity index (χ0n) is 9.61. The molecule has 82 valence electrons. The van der Waals surface area contributed by atoms with E-state index in [9.17, 15) is 0 Å². The van der Waals surface area contributed by atoms with Crippen molar-refractivity contribution in [3.05, 3.63) is 35.4 Å². The van der Waals surface area contributed by atoms with E-state index in [4.69, 9.17) is 5.73 Å². The van der Waals surface area contributed by atoms with E-state index in [1.165, 1.54) is 24.0 Å². The first-order chi connectivity index (χ1) is 7.16. The topological polar surface area (TPSA) is 29.3 Å². The Labute approximate surface area is 92.1 Å². The van der Waals surface area contributed by atoms with E-state index in [1.807, 2.05) is 0 Å². The lowest BCUT2D eigenvalue weighted by Gasteiger charge is -2.21. The van der Waals surface area contributed by atoms with Crippen molar-refractivity contribution in [1.82, 2.24) is 4.90 Å². The third-order valence-electron chi connectivity index (χ3n) is 3.16. The average Bonchev–Trinajstić information content (AvgIpc) is 3.01. The molecule has 1 aromatic carbocycles. The molecule has 1 atom stereocenters. The number of likely N-dealkylation sites (N-methyl/N-ethyl adjacent to an activating group) is 1. The zero-order valence-corrected chi connectivity index (χ0v) is 9.61. The van der Waals surface area contributed by atoms with Crippen LogP contribution in [-0.4, -0.2) is 24.5 Å². The number of aryl methyl sites for hydroxylation is 1. The summed E-state index contributed by atoms with van der Waals surface area (Å²) in [5.41, 5.74) is 8.71. The van der Waals surface area contributed by atoms with Crippen LogP contribution in [0.25, 0.3) is 0 Å². The van der Waals surface area contributed by atoms with Crippen LogP contribution in [0.4, 0.5) is 0 Å². The lowest BCUT2D eigenvalue weighted by Crippen LogP contribution is -2.30. The molecule has 15 heavy (non-hydrogen) atoms. The minimum Gasteiger partial charge on any atom is -0.323 e. The van der Waals surface area contributed by atoms with Gasteiger partial charge in [0.1, 0.15) is 0 Å². The van der Waals surface area contributed by atoms with Crippen LogP contribution >= 0.6 is 0 Å². The van der Waals surface area contributed by atoms with Gasteiger partial charge in [-0.15, -0.1) is 0 Å². The van der Waals surface area contributed by atoms with Crippen LogP contribution in [0.15, 0.2) is 24.3 Å². The quantitative estimate of drug-likeness (QED) is 0.813. The molecule has 2 heteroatoms. The van der Waals surface area contributed by atoms with E-state index < -0.39 is 0 Å². The highest BCUT2D eigenvalue weighted by molar-refractivity contribution is 5.24. The highest BCUT2D eigenvalue weighted by atomic mass is 15.2. The Morgan fingerprint density at radius 1 is 1.33 bits per heavy atom. The second-order valence-electron chi connectivity index (χ2n) is 4.69. The SMILES string of the molecule is Cc1ccc(C(N)CN(C)C2CC2)cc1. The highest BCUT2D eigenvalue weighted by Gasteiger charge is 2.27. The zero-order chi connectivity index (χ0) is 10.8. The minimum absolute atomic E-state index is 0.149. The second-order valence-corrected chi connectivity index (χ2v) is 4.69. The van der Waals surface area contributed by atoms with Gasteiger partial charge in [0.05, 0.1) is 0 Å². The van der Waals surface area contributed by atoms with Gasteiger partial charge in [0, 0.05) is 18.6 Å². The van der Waals surface area contributed by atoms with Gasteiger partial charge in [0.15, 0.2) is 0 Å². The van der Waals surface area contributed by atoms with Crippen molar-refractivity contribution in [2.75, 3.05) is 13.6 Å². The van der Waals surface area contributed by atoms with E-state index in [-0.39, 0.29) is 6.04 Å². The van der Waals surface area contributed by atoms with Crippen LogP contribution < -0.4 is 5.73 Å². The summed E-state index contributed by atoms with van der Waals surface area (Å²) in [6.07, 6.45) is 2.69. The number of hydrogen-bond acceptors (Lipinski definition) is 2. The molecule has 0 aliphatic heterocycles. The molecule has 2 N–H and O–H groups in total. The molecular formula is C13H20N2. The van der Waals surface area contributed by atoms with Crippen LogP contribution in [0.3, 0.4) is 0 Å². The molecule has 0 radical (unpaired) electrons. The number of rotatable bonds is 4.